The first-order valence-corrected chi connectivity index (χ1v) is 6.23. The number of amides is 2. The fraction of sp³-hybridized carbons (Fsp3) is 0.231. The van der Waals surface area contributed by atoms with Crippen LogP contribution in [0.1, 0.15) is 21.7 Å². The van der Waals surface area contributed by atoms with Crippen molar-refractivity contribution in [2.45, 2.75) is 13.1 Å². The Balaban J connectivity index is 1.77. The monoisotopic (exact) mass is 289 g/mol. The molecule has 1 aromatic heterocycles. The number of carbonyl (C=O) groups excluding carboxylic acids is 1. The molecule has 0 bridgehead atoms. The van der Waals surface area contributed by atoms with Crippen molar-refractivity contribution in [3.05, 3.63) is 47.5 Å². The van der Waals surface area contributed by atoms with Crippen LogP contribution in [-0.2, 0) is 20.1 Å². The van der Waals surface area contributed by atoms with Gasteiger partial charge >= 0.3 is 12.0 Å². The van der Waals surface area contributed by atoms with Crippen molar-refractivity contribution in [1.29, 1.82) is 0 Å². The topological polar surface area (TPSA) is 109 Å². The summed E-state index contributed by atoms with van der Waals surface area (Å²) in [6, 6.07) is 5.96. The lowest BCUT2D eigenvalue weighted by Gasteiger charge is -2.06. The molecule has 21 heavy (non-hydrogen) atoms. The minimum absolute atomic E-state index is 0.212. The summed E-state index contributed by atoms with van der Waals surface area (Å²) < 4.78 is 1.55. The van der Waals surface area contributed by atoms with Crippen molar-refractivity contribution in [1.82, 2.24) is 25.4 Å². The second-order valence-corrected chi connectivity index (χ2v) is 4.37. The van der Waals surface area contributed by atoms with E-state index in [9.17, 15) is 9.59 Å². The van der Waals surface area contributed by atoms with Gasteiger partial charge in [0.2, 0.25) is 0 Å². The van der Waals surface area contributed by atoms with Crippen molar-refractivity contribution in [2.75, 3.05) is 0 Å². The molecule has 0 radical (unpaired) electrons. The Morgan fingerprint density at radius 2 is 1.86 bits per heavy atom. The van der Waals surface area contributed by atoms with Crippen LogP contribution in [0.5, 0.6) is 0 Å². The zero-order valence-corrected chi connectivity index (χ0v) is 11.4. The molecular weight excluding hydrogens is 274 g/mol. The van der Waals surface area contributed by atoms with Gasteiger partial charge in [0.15, 0.2) is 5.82 Å². The highest BCUT2D eigenvalue weighted by atomic mass is 16.4. The first-order chi connectivity index (χ1) is 10.0. The summed E-state index contributed by atoms with van der Waals surface area (Å²) in [5, 5.41) is 18.1. The molecule has 0 fully saturated rings. The van der Waals surface area contributed by atoms with Crippen LogP contribution >= 0.6 is 0 Å². The third-order valence-corrected chi connectivity index (χ3v) is 2.71. The van der Waals surface area contributed by atoms with Crippen molar-refractivity contribution in [3.63, 3.8) is 0 Å². The van der Waals surface area contributed by atoms with E-state index in [0.717, 1.165) is 5.56 Å². The van der Waals surface area contributed by atoms with E-state index in [0.29, 0.717) is 12.4 Å². The van der Waals surface area contributed by atoms with E-state index < -0.39 is 5.97 Å². The molecule has 110 valence electrons. The van der Waals surface area contributed by atoms with E-state index in [-0.39, 0.29) is 18.1 Å². The number of carbonyl (C=O) groups is 2. The molecule has 2 amide bonds. The first-order valence-electron chi connectivity index (χ1n) is 6.23. The maximum Gasteiger partial charge on any atom is 0.335 e. The van der Waals surface area contributed by atoms with E-state index in [1.807, 2.05) is 0 Å². The van der Waals surface area contributed by atoms with Gasteiger partial charge in [0, 0.05) is 13.6 Å². The molecule has 0 atom stereocenters. The fourth-order valence-corrected chi connectivity index (χ4v) is 1.63. The Morgan fingerprint density at radius 1 is 1.19 bits per heavy atom. The third kappa shape index (κ3) is 4.30. The average Bonchev–Trinajstić information content (AvgIpc) is 2.89. The van der Waals surface area contributed by atoms with Gasteiger partial charge in [0.05, 0.1) is 12.1 Å². The lowest BCUT2D eigenvalue weighted by atomic mass is 10.1. The van der Waals surface area contributed by atoms with Crippen LogP contribution in [0.25, 0.3) is 0 Å². The minimum Gasteiger partial charge on any atom is -0.478 e. The summed E-state index contributed by atoms with van der Waals surface area (Å²) in [4.78, 5) is 26.3. The molecule has 0 aliphatic heterocycles. The molecule has 3 N–H and O–H groups in total. The Hall–Kier alpha value is -2.90. The summed E-state index contributed by atoms with van der Waals surface area (Å²) in [5.41, 5.74) is 1.02. The van der Waals surface area contributed by atoms with Crippen molar-refractivity contribution in [2.24, 2.45) is 7.05 Å². The van der Waals surface area contributed by atoms with Crippen LogP contribution in [0.15, 0.2) is 30.6 Å². The van der Waals surface area contributed by atoms with Crippen LogP contribution in [0.3, 0.4) is 0 Å². The maximum absolute atomic E-state index is 11.6. The number of aromatic carboxylic acids is 1. The quantitative estimate of drug-likeness (QED) is 0.743. The van der Waals surface area contributed by atoms with Gasteiger partial charge in [-0.3, -0.25) is 4.68 Å². The lowest BCUT2D eigenvalue weighted by molar-refractivity contribution is 0.0697. The van der Waals surface area contributed by atoms with Crippen molar-refractivity contribution in [3.8, 4) is 0 Å². The molecular formula is C13H15N5O3. The minimum atomic E-state index is -0.977. The maximum atomic E-state index is 11.6. The fourth-order valence-electron chi connectivity index (χ4n) is 1.63. The van der Waals surface area contributed by atoms with Gasteiger partial charge in [-0.1, -0.05) is 12.1 Å². The van der Waals surface area contributed by atoms with Gasteiger partial charge in [-0.05, 0) is 17.7 Å². The zero-order chi connectivity index (χ0) is 15.2. The summed E-state index contributed by atoms with van der Waals surface area (Å²) in [6.45, 7) is 0.548. The number of urea groups is 1. The lowest BCUT2D eigenvalue weighted by Crippen LogP contribution is -2.34. The number of aromatic nitrogens is 3. The Kier molecular flexibility index (Phi) is 4.50. The molecule has 0 aliphatic rings. The molecule has 8 nitrogen and oxygen atoms in total. The van der Waals surface area contributed by atoms with Crippen LogP contribution in [0, 0.1) is 0 Å². The van der Waals surface area contributed by atoms with E-state index in [4.69, 9.17) is 5.11 Å². The predicted molar refractivity (Wildman–Crippen MR) is 73.5 cm³/mol. The predicted octanol–water partition coefficient (Wildman–Crippen LogP) is 0.513. The van der Waals surface area contributed by atoms with E-state index >= 15 is 0 Å². The van der Waals surface area contributed by atoms with Crippen molar-refractivity contribution >= 4 is 12.0 Å². The standard InChI is InChI=1S/C13H15N5O3/c1-18-8-16-11(17-18)7-15-13(21)14-6-9-2-4-10(5-3-9)12(19)20/h2-5,8H,6-7H2,1H3,(H,19,20)(H2,14,15,21). The Labute approximate surface area is 120 Å². The van der Waals surface area contributed by atoms with E-state index in [1.54, 1.807) is 30.2 Å². The van der Waals surface area contributed by atoms with Crippen LogP contribution in [0.2, 0.25) is 0 Å². The SMILES string of the molecule is Cn1cnc(CNC(=O)NCc2ccc(C(=O)O)cc2)n1. The van der Waals surface area contributed by atoms with Gasteiger partial charge in [-0.2, -0.15) is 5.10 Å². The smallest absolute Gasteiger partial charge is 0.335 e. The number of carboxylic acid groups (broad SMARTS) is 1. The van der Waals surface area contributed by atoms with Gasteiger partial charge < -0.3 is 15.7 Å². The van der Waals surface area contributed by atoms with E-state index in [2.05, 4.69) is 20.7 Å². The summed E-state index contributed by atoms with van der Waals surface area (Å²) >= 11 is 0. The Morgan fingerprint density at radius 3 is 2.43 bits per heavy atom. The highest BCUT2D eigenvalue weighted by Crippen LogP contribution is 2.04. The molecule has 0 aliphatic carbocycles. The van der Waals surface area contributed by atoms with Gasteiger partial charge in [-0.15, -0.1) is 0 Å². The van der Waals surface area contributed by atoms with E-state index in [1.165, 1.54) is 12.1 Å². The molecule has 0 spiro atoms. The highest BCUT2D eigenvalue weighted by Gasteiger charge is 2.05. The highest BCUT2D eigenvalue weighted by molar-refractivity contribution is 5.87. The number of nitrogens with zero attached hydrogens (tertiary/aromatic N) is 3. The average molecular weight is 289 g/mol. The van der Waals surface area contributed by atoms with Crippen LogP contribution in [0.4, 0.5) is 4.79 Å². The molecule has 1 heterocycles. The number of hydrogen-bond donors (Lipinski definition) is 3. The summed E-state index contributed by atoms with van der Waals surface area (Å²) in [5.74, 6) is -0.450. The van der Waals surface area contributed by atoms with Gasteiger partial charge in [0.1, 0.15) is 6.33 Å². The van der Waals surface area contributed by atoms with Crippen LogP contribution in [-0.4, -0.2) is 31.9 Å². The molecule has 8 heteroatoms. The number of carboxylic acids is 1. The van der Waals surface area contributed by atoms with Crippen LogP contribution < -0.4 is 10.6 Å². The third-order valence-electron chi connectivity index (χ3n) is 2.71. The molecule has 2 rings (SSSR count). The molecule has 0 unspecified atom stereocenters. The number of benzene rings is 1. The molecule has 0 saturated carbocycles. The summed E-state index contributed by atoms with van der Waals surface area (Å²) in [6.07, 6.45) is 1.55. The Bertz CT molecular complexity index is 636. The van der Waals surface area contributed by atoms with Gasteiger partial charge in [0.25, 0.3) is 0 Å². The number of hydrogen-bond acceptors (Lipinski definition) is 4. The zero-order valence-electron chi connectivity index (χ0n) is 11.4. The second-order valence-electron chi connectivity index (χ2n) is 4.37. The number of rotatable bonds is 5. The normalized spacial score (nSPS) is 10.1. The molecule has 2 aromatic rings. The summed E-state index contributed by atoms with van der Waals surface area (Å²) in [7, 11) is 1.75. The van der Waals surface area contributed by atoms with Gasteiger partial charge in [-0.25, -0.2) is 14.6 Å². The number of aryl methyl sites for hydroxylation is 1. The second kappa shape index (κ2) is 6.51. The van der Waals surface area contributed by atoms with Crippen molar-refractivity contribution < 1.29 is 14.7 Å². The number of nitrogens with one attached hydrogen (secondary N) is 2. The molecule has 0 saturated heterocycles. The molecule has 1 aromatic carbocycles. The first kappa shape index (κ1) is 14.5. The largest absolute Gasteiger partial charge is 0.478 e.